The molecule has 1 aliphatic rings. The first kappa shape index (κ1) is 31.5. The number of furan rings is 1. The average Bonchev–Trinajstić information content (AvgIpc) is 3.53. The molecule has 0 N–H and O–H groups in total. The molecular weight excluding hydrogens is 791 g/mol. The fraction of sp³-hybridized carbons (Fsp3) is 0.267. The molecule has 1 aliphatic carbocycles. The first-order valence-electron chi connectivity index (χ1n) is 18.7. The van der Waals surface area contributed by atoms with Crippen LogP contribution in [-0.2, 0) is 26.5 Å². The van der Waals surface area contributed by atoms with E-state index in [9.17, 15) is 0 Å². The minimum atomic E-state index is -2.29. The predicted molar refractivity (Wildman–Crippen MR) is 201 cm³/mol. The summed E-state index contributed by atoms with van der Waals surface area (Å²) < 4.78 is 29.1. The molecule has 4 nitrogen and oxygen atoms in total. The Kier molecular flexibility index (Phi) is 9.85. The van der Waals surface area contributed by atoms with E-state index in [2.05, 4.69) is 98.3 Å². The van der Waals surface area contributed by atoms with Crippen LogP contribution in [0, 0.1) is 46.7 Å². The van der Waals surface area contributed by atoms with Crippen LogP contribution in [0.5, 0.6) is 0 Å². The van der Waals surface area contributed by atoms with Crippen molar-refractivity contribution in [3.8, 4) is 22.5 Å². The van der Waals surface area contributed by atoms with Gasteiger partial charge in [-0.15, -0.1) is 53.6 Å². The molecule has 0 unspecified atom stereocenters. The van der Waals surface area contributed by atoms with Crippen molar-refractivity contribution in [1.82, 2.24) is 15.0 Å². The standard InChI is InChI=1S/C31H29N2O.C14H14N.Ir/c1-20-19-32-29(28-10-6-9-26-27-16-11-21(2)33-31(27)34-30(26)28)18-25(20)17-22-12-14-24(15-13-22)23-7-4-3-5-8-23;1-10-4-6-13(7-5-10)14-8-11(2)12(3)9-15-14;/h6,9,11-16,18-19,23H,3-5,7-8,17H2,1-2H3;4-6,8-9H,1-3H3;/q2*-1;/i2D3;;. The van der Waals surface area contributed by atoms with Crippen molar-refractivity contribution in [3.63, 3.8) is 0 Å². The Bertz CT molecular complexity index is 2340. The van der Waals surface area contributed by atoms with E-state index >= 15 is 0 Å². The van der Waals surface area contributed by atoms with Gasteiger partial charge in [0.25, 0.3) is 0 Å². The number of rotatable bonds is 5. The van der Waals surface area contributed by atoms with E-state index < -0.39 is 6.85 Å². The number of aromatic nitrogens is 3. The van der Waals surface area contributed by atoms with Gasteiger partial charge < -0.3 is 14.4 Å². The first-order valence-corrected chi connectivity index (χ1v) is 17.2. The van der Waals surface area contributed by atoms with Crippen molar-refractivity contribution in [1.29, 1.82) is 0 Å². The van der Waals surface area contributed by atoms with E-state index in [0.29, 0.717) is 17.2 Å². The average molecular weight is 837 g/mol. The molecule has 8 rings (SSSR count). The Balaban J connectivity index is 0.000000252. The summed E-state index contributed by atoms with van der Waals surface area (Å²) >= 11 is 0. The van der Waals surface area contributed by atoms with Gasteiger partial charge >= 0.3 is 0 Å². The van der Waals surface area contributed by atoms with Crippen LogP contribution in [0.15, 0.2) is 95.7 Å². The van der Waals surface area contributed by atoms with Crippen molar-refractivity contribution >= 4 is 22.1 Å². The zero-order valence-corrected chi connectivity index (χ0v) is 31.5. The fourth-order valence-corrected chi connectivity index (χ4v) is 6.70. The SMILES string of the molecule is Cc1c[c-]c(-c2cc(C)c(C)cn2)cc1.[2H]C([2H])([2H])c1ccc2c(n1)oc1c(-c3cc(Cc4ccc(C5CCCCC5)cc4)c(C)cn3)[c-]ccc12.[Ir]. The summed E-state index contributed by atoms with van der Waals surface area (Å²) in [5.41, 5.74) is 13.4. The Hall–Kier alpha value is -4.44. The summed E-state index contributed by atoms with van der Waals surface area (Å²) in [5.74, 6) is 0.710. The van der Waals surface area contributed by atoms with Crippen LogP contribution in [0.25, 0.3) is 44.6 Å². The largest absolute Gasteiger partial charge is 0.486 e. The molecule has 0 aliphatic heterocycles. The molecule has 4 heterocycles. The van der Waals surface area contributed by atoms with E-state index in [0.717, 1.165) is 45.3 Å². The van der Waals surface area contributed by atoms with E-state index in [4.69, 9.17) is 13.5 Å². The third-order valence-electron chi connectivity index (χ3n) is 9.84. The summed E-state index contributed by atoms with van der Waals surface area (Å²) in [4.78, 5) is 13.4. The Morgan fingerprint density at radius 3 is 2.30 bits per heavy atom. The maximum absolute atomic E-state index is 7.67. The molecule has 0 atom stereocenters. The second-order valence-electron chi connectivity index (χ2n) is 13.4. The second kappa shape index (κ2) is 15.6. The van der Waals surface area contributed by atoms with Crippen molar-refractivity contribution in [2.45, 2.75) is 79.0 Å². The van der Waals surface area contributed by atoms with Crippen LogP contribution in [0.3, 0.4) is 0 Å². The molecule has 1 fully saturated rings. The van der Waals surface area contributed by atoms with Crippen LogP contribution in [0.2, 0.25) is 0 Å². The molecular formula is C45H43IrN3O-2. The fourth-order valence-electron chi connectivity index (χ4n) is 6.70. The van der Waals surface area contributed by atoms with Crippen molar-refractivity contribution in [2.24, 2.45) is 0 Å². The predicted octanol–water partition coefficient (Wildman–Crippen LogP) is 11.6. The summed E-state index contributed by atoms with van der Waals surface area (Å²) in [6, 6.07) is 33.1. The number of hydrogen-bond donors (Lipinski definition) is 0. The number of nitrogens with zero attached hydrogens (tertiary/aromatic N) is 3. The van der Waals surface area contributed by atoms with Crippen LogP contribution < -0.4 is 0 Å². The zero-order valence-electron chi connectivity index (χ0n) is 32.1. The summed E-state index contributed by atoms with van der Waals surface area (Å²) in [7, 11) is 0. The maximum Gasteiger partial charge on any atom is 0.216 e. The monoisotopic (exact) mass is 837 g/mol. The van der Waals surface area contributed by atoms with Gasteiger partial charge in [0.1, 0.15) is 0 Å². The third kappa shape index (κ3) is 7.80. The smallest absolute Gasteiger partial charge is 0.216 e. The third-order valence-corrected chi connectivity index (χ3v) is 9.84. The molecule has 0 spiro atoms. The Morgan fingerprint density at radius 1 is 0.780 bits per heavy atom. The van der Waals surface area contributed by atoms with Gasteiger partial charge in [-0.3, -0.25) is 0 Å². The number of aryl methyl sites for hydroxylation is 5. The molecule has 5 heteroatoms. The molecule has 0 amide bonds. The van der Waals surface area contributed by atoms with Crippen molar-refractivity contribution < 1.29 is 28.6 Å². The molecule has 0 bridgehead atoms. The van der Waals surface area contributed by atoms with Crippen LogP contribution in [0.4, 0.5) is 0 Å². The number of pyridine rings is 3. The van der Waals surface area contributed by atoms with Crippen LogP contribution in [0.1, 0.15) is 86.8 Å². The topological polar surface area (TPSA) is 51.8 Å². The summed E-state index contributed by atoms with van der Waals surface area (Å²) in [6.07, 6.45) is 11.3. The first-order chi connectivity index (χ1) is 25.0. The number of benzene rings is 3. The molecule has 1 radical (unpaired) electrons. The van der Waals surface area contributed by atoms with Gasteiger partial charge in [0.15, 0.2) is 0 Å². The quantitative estimate of drug-likeness (QED) is 0.162. The molecule has 50 heavy (non-hydrogen) atoms. The minimum Gasteiger partial charge on any atom is -0.486 e. The van der Waals surface area contributed by atoms with Crippen molar-refractivity contribution in [2.75, 3.05) is 0 Å². The molecule has 7 aromatic rings. The molecule has 4 aromatic heterocycles. The van der Waals surface area contributed by atoms with E-state index in [1.165, 1.54) is 65.5 Å². The van der Waals surface area contributed by atoms with Gasteiger partial charge in [0, 0.05) is 47.7 Å². The Morgan fingerprint density at radius 2 is 1.56 bits per heavy atom. The van der Waals surface area contributed by atoms with Gasteiger partial charge in [-0.05, 0) is 104 Å². The van der Waals surface area contributed by atoms with Gasteiger partial charge in [-0.2, -0.15) is 0 Å². The molecule has 255 valence electrons. The van der Waals surface area contributed by atoms with Crippen LogP contribution in [-0.4, -0.2) is 15.0 Å². The van der Waals surface area contributed by atoms with E-state index in [1.807, 2.05) is 30.6 Å². The molecule has 3 aromatic carbocycles. The number of hydrogen-bond acceptors (Lipinski definition) is 4. The second-order valence-corrected chi connectivity index (χ2v) is 13.4. The van der Waals surface area contributed by atoms with Crippen molar-refractivity contribution in [3.05, 3.63) is 148 Å². The maximum atomic E-state index is 7.67. The summed E-state index contributed by atoms with van der Waals surface area (Å²) in [6.45, 7) is 6.05. The van der Waals surface area contributed by atoms with E-state index in [-0.39, 0.29) is 25.8 Å². The zero-order chi connectivity index (χ0) is 36.4. The normalized spacial score (nSPS) is 14.3. The van der Waals surface area contributed by atoms with Gasteiger partial charge in [0.05, 0.1) is 5.58 Å². The van der Waals surface area contributed by atoms with Crippen LogP contribution >= 0.6 is 0 Å². The minimum absolute atomic E-state index is 0. The van der Waals surface area contributed by atoms with Gasteiger partial charge in [-0.1, -0.05) is 79.1 Å². The number of fused-ring (bicyclic) bond motifs is 3. The van der Waals surface area contributed by atoms with E-state index in [1.54, 1.807) is 12.1 Å². The van der Waals surface area contributed by atoms with Gasteiger partial charge in [-0.25, -0.2) is 4.98 Å². The molecule has 1 saturated carbocycles. The Labute approximate surface area is 314 Å². The van der Waals surface area contributed by atoms with Gasteiger partial charge in [0.2, 0.25) is 5.71 Å². The molecule has 0 saturated heterocycles. The summed E-state index contributed by atoms with van der Waals surface area (Å²) in [5, 5.41) is 1.65.